The summed E-state index contributed by atoms with van der Waals surface area (Å²) in [5.74, 6) is 0.535. The molecule has 1 N–H and O–H groups in total. The van der Waals surface area contributed by atoms with E-state index >= 15 is 0 Å². The van der Waals surface area contributed by atoms with Gasteiger partial charge in [-0.2, -0.15) is 13.8 Å². The van der Waals surface area contributed by atoms with Crippen molar-refractivity contribution in [3.05, 3.63) is 53.9 Å². The lowest BCUT2D eigenvalue weighted by molar-refractivity contribution is -0.128. The van der Waals surface area contributed by atoms with Crippen molar-refractivity contribution in [2.75, 3.05) is 19.7 Å². The summed E-state index contributed by atoms with van der Waals surface area (Å²) in [6.45, 7) is 7.51. The van der Waals surface area contributed by atoms with E-state index in [9.17, 15) is 18.7 Å². The van der Waals surface area contributed by atoms with E-state index in [0.717, 1.165) is 23.1 Å². The van der Waals surface area contributed by atoms with Gasteiger partial charge in [0.1, 0.15) is 0 Å². The normalized spacial score (nSPS) is 21.4. The zero-order chi connectivity index (χ0) is 26.7. The predicted octanol–water partition coefficient (Wildman–Crippen LogP) is 5.02. The Morgan fingerprint density at radius 3 is 2.78 bits per heavy atom. The lowest BCUT2D eigenvalue weighted by Crippen LogP contribution is -2.30. The minimum Gasteiger partial charge on any atom is -0.487 e. The van der Waals surface area contributed by atoms with Crippen molar-refractivity contribution in [3.8, 4) is 23.0 Å². The Kier molecular flexibility index (Phi) is 7.77. The number of hydrogen-bond donors (Lipinski definition) is 1. The number of amides is 1. The molecule has 2 aliphatic rings. The summed E-state index contributed by atoms with van der Waals surface area (Å²) in [6, 6.07) is 4.55. The first kappa shape index (κ1) is 26.5. The van der Waals surface area contributed by atoms with Gasteiger partial charge in [-0.3, -0.25) is 4.79 Å². The van der Waals surface area contributed by atoms with Crippen LogP contribution in [0.4, 0.5) is 8.78 Å². The fraction of sp³-hybridized carbons (Fsp3) is 0.444. The maximum atomic E-state index is 13.0. The van der Waals surface area contributed by atoms with Crippen molar-refractivity contribution in [1.82, 2.24) is 15.0 Å². The number of allylic oxidation sites excluding steroid dienone is 4. The fourth-order valence-electron chi connectivity index (χ4n) is 5.00. The molecule has 10 heteroatoms. The number of carbonyl (C=O) groups excluding carboxylic acids is 1. The molecule has 1 aliphatic carbocycles. The number of halogens is 2. The number of hydrogen-bond acceptors (Lipinski definition) is 7. The number of β-amino-alcohol motifs (C(OH)–C–C–N with tert-alkyl or cyclic N) is 1. The van der Waals surface area contributed by atoms with Crippen LogP contribution in [0.1, 0.15) is 45.9 Å². The van der Waals surface area contributed by atoms with Crippen molar-refractivity contribution in [1.29, 1.82) is 0 Å². The number of aliphatic hydroxyl groups excluding tert-OH is 1. The Balaban J connectivity index is 1.66. The minimum atomic E-state index is -3.02. The molecule has 1 saturated heterocycles. The van der Waals surface area contributed by atoms with Gasteiger partial charge < -0.3 is 24.0 Å². The molecular weight excluding hydrogens is 484 g/mol. The summed E-state index contributed by atoms with van der Waals surface area (Å²) in [5.41, 5.74) is 2.57. The lowest BCUT2D eigenvalue weighted by Gasteiger charge is -2.24. The molecular formula is C27H31F2N3O5. The number of benzene rings is 1. The van der Waals surface area contributed by atoms with Crippen molar-refractivity contribution < 1.29 is 32.7 Å². The maximum absolute atomic E-state index is 13.0. The molecule has 1 spiro atoms. The van der Waals surface area contributed by atoms with Crippen LogP contribution in [-0.4, -0.2) is 58.5 Å². The molecule has 2 fully saturated rings. The van der Waals surface area contributed by atoms with Gasteiger partial charge in [0.15, 0.2) is 11.5 Å². The number of ether oxygens (including phenoxy) is 2. The molecule has 0 bridgehead atoms. The van der Waals surface area contributed by atoms with Crippen molar-refractivity contribution in [2.24, 2.45) is 5.41 Å². The third kappa shape index (κ3) is 5.44. The number of carbonyl (C=O) groups is 1. The second kappa shape index (κ2) is 10.8. The van der Waals surface area contributed by atoms with Gasteiger partial charge in [0.25, 0.3) is 5.89 Å². The standard InChI is InChI=1S/C27H31F2N3O5/c1-5-6-20(19-9-10-27(17(19)4)14-23(34)32(15-27)11-12-33)24-30-25(37-31-24)18-7-8-21(35-16(2)3)22(13-18)36-26(28)29/h5-8,13,16,26,33H,4,9-12,14-15H2,1-3H3/b6-5-,20-19+/t27-/m0/s1. The third-order valence-corrected chi connectivity index (χ3v) is 6.66. The molecule has 0 unspecified atom stereocenters. The Morgan fingerprint density at radius 1 is 1.32 bits per heavy atom. The fourth-order valence-corrected chi connectivity index (χ4v) is 5.00. The van der Waals surface area contributed by atoms with E-state index in [1.165, 1.54) is 12.1 Å². The summed E-state index contributed by atoms with van der Waals surface area (Å²) in [4.78, 5) is 18.7. The number of aromatic nitrogens is 2. The molecule has 8 nitrogen and oxygen atoms in total. The Labute approximate surface area is 214 Å². The second-order valence-corrected chi connectivity index (χ2v) is 9.50. The van der Waals surface area contributed by atoms with Crippen LogP contribution in [0.15, 0.2) is 52.6 Å². The average Bonchev–Trinajstić information content (AvgIpc) is 3.52. The highest BCUT2D eigenvalue weighted by atomic mass is 19.3. The molecule has 2 heterocycles. The third-order valence-electron chi connectivity index (χ3n) is 6.66. The molecule has 0 radical (unpaired) electrons. The molecule has 198 valence electrons. The van der Waals surface area contributed by atoms with Gasteiger partial charge in [-0.1, -0.05) is 23.9 Å². The highest BCUT2D eigenvalue weighted by Crippen LogP contribution is 2.53. The van der Waals surface area contributed by atoms with Crippen molar-refractivity contribution >= 4 is 11.5 Å². The van der Waals surface area contributed by atoms with E-state index in [-0.39, 0.29) is 41.4 Å². The summed E-state index contributed by atoms with van der Waals surface area (Å²) in [7, 11) is 0. The van der Waals surface area contributed by atoms with E-state index in [1.807, 2.05) is 19.1 Å². The van der Waals surface area contributed by atoms with Crippen LogP contribution in [0.2, 0.25) is 0 Å². The number of alkyl halides is 2. The topological polar surface area (TPSA) is 97.9 Å². The number of aliphatic hydroxyl groups is 1. The Hall–Kier alpha value is -3.53. The molecule has 2 aromatic rings. The quantitative estimate of drug-likeness (QED) is 0.501. The van der Waals surface area contributed by atoms with Crippen LogP contribution in [-0.2, 0) is 4.79 Å². The average molecular weight is 516 g/mol. The van der Waals surface area contributed by atoms with Crippen LogP contribution >= 0.6 is 0 Å². The van der Waals surface area contributed by atoms with Gasteiger partial charge in [-0.25, -0.2) is 0 Å². The summed E-state index contributed by atoms with van der Waals surface area (Å²) in [6.07, 6.45) is 5.31. The molecule has 1 amide bonds. The SMILES string of the molecule is C=C1/C(=C(\C=C/C)c2noc(-c3ccc(OC(C)C)c(OC(F)F)c3)n2)CC[C@@]12CC(=O)N(CCO)C2. The lowest BCUT2D eigenvalue weighted by atomic mass is 9.81. The van der Waals surface area contributed by atoms with Gasteiger partial charge in [0.05, 0.1) is 12.7 Å². The Morgan fingerprint density at radius 2 is 2.11 bits per heavy atom. The van der Waals surface area contributed by atoms with E-state index in [0.29, 0.717) is 37.3 Å². The molecule has 1 atom stereocenters. The van der Waals surface area contributed by atoms with Crippen molar-refractivity contribution in [3.63, 3.8) is 0 Å². The predicted molar refractivity (Wildman–Crippen MR) is 133 cm³/mol. The largest absolute Gasteiger partial charge is 0.487 e. The first-order valence-electron chi connectivity index (χ1n) is 12.2. The van der Waals surface area contributed by atoms with Crippen LogP contribution in [0, 0.1) is 5.41 Å². The highest BCUT2D eigenvalue weighted by Gasteiger charge is 2.49. The van der Waals surface area contributed by atoms with Gasteiger partial charge >= 0.3 is 6.61 Å². The van der Waals surface area contributed by atoms with Gasteiger partial charge in [0.2, 0.25) is 11.7 Å². The molecule has 1 aliphatic heterocycles. The number of nitrogens with zero attached hydrogens (tertiary/aromatic N) is 3. The van der Waals surface area contributed by atoms with E-state index in [2.05, 4.69) is 21.5 Å². The van der Waals surface area contributed by atoms with Crippen LogP contribution in [0.3, 0.4) is 0 Å². The van der Waals surface area contributed by atoms with Crippen LogP contribution < -0.4 is 9.47 Å². The van der Waals surface area contributed by atoms with Gasteiger partial charge in [0, 0.05) is 36.1 Å². The van der Waals surface area contributed by atoms with Gasteiger partial charge in [-0.15, -0.1) is 0 Å². The van der Waals surface area contributed by atoms with E-state index in [4.69, 9.17) is 9.26 Å². The molecule has 4 rings (SSSR count). The zero-order valence-electron chi connectivity index (χ0n) is 21.2. The van der Waals surface area contributed by atoms with E-state index < -0.39 is 6.61 Å². The molecule has 1 aromatic carbocycles. The van der Waals surface area contributed by atoms with E-state index in [1.54, 1.807) is 24.8 Å². The smallest absolute Gasteiger partial charge is 0.387 e. The van der Waals surface area contributed by atoms with Gasteiger partial charge in [-0.05, 0) is 63.0 Å². The molecule has 1 aromatic heterocycles. The summed E-state index contributed by atoms with van der Waals surface area (Å²) in [5, 5.41) is 13.5. The van der Waals surface area contributed by atoms with Crippen LogP contribution in [0.25, 0.3) is 17.0 Å². The first-order valence-corrected chi connectivity index (χ1v) is 12.2. The monoisotopic (exact) mass is 515 g/mol. The zero-order valence-corrected chi connectivity index (χ0v) is 21.2. The highest BCUT2D eigenvalue weighted by molar-refractivity contribution is 5.83. The van der Waals surface area contributed by atoms with Crippen LogP contribution in [0.5, 0.6) is 11.5 Å². The Bertz CT molecular complexity index is 1240. The maximum Gasteiger partial charge on any atom is 0.387 e. The summed E-state index contributed by atoms with van der Waals surface area (Å²) >= 11 is 0. The molecule has 37 heavy (non-hydrogen) atoms. The number of rotatable bonds is 9. The number of likely N-dealkylation sites (tertiary alicyclic amines) is 1. The summed E-state index contributed by atoms with van der Waals surface area (Å²) < 4.78 is 41.7. The molecule has 1 saturated carbocycles. The second-order valence-electron chi connectivity index (χ2n) is 9.50. The van der Waals surface area contributed by atoms with Crippen molar-refractivity contribution in [2.45, 2.75) is 52.7 Å². The minimum absolute atomic E-state index is 0.0117. The first-order chi connectivity index (χ1) is 17.7.